The monoisotopic (exact) mass is 248 g/mol. The summed E-state index contributed by atoms with van der Waals surface area (Å²) in [6.45, 7) is 11.3. The molecule has 1 unspecified atom stereocenters. The summed E-state index contributed by atoms with van der Waals surface area (Å²) in [6.07, 6.45) is 2.54. The minimum atomic E-state index is 0.598. The second kappa shape index (κ2) is 9.12. The van der Waals surface area contributed by atoms with Crippen molar-refractivity contribution >= 4 is 0 Å². The molecular weight excluding hydrogens is 220 g/mol. The van der Waals surface area contributed by atoms with Crippen molar-refractivity contribution in [1.29, 1.82) is 0 Å². The summed E-state index contributed by atoms with van der Waals surface area (Å²) >= 11 is 0. The van der Waals surface area contributed by atoms with Gasteiger partial charge < -0.3 is 10.2 Å². The molecule has 0 fully saturated rings. The smallest absolute Gasteiger partial charge is 0.0207 e. The van der Waals surface area contributed by atoms with Gasteiger partial charge in [-0.25, -0.2) is 0 Å². The number of nitrogens with one attached hydrogen (secondary N) is 1. The lowest BCUT2D eigenvalue weighted by atomic mass is 10.1. The summed E-state index contributed by atoms with van der Waals surface area (Å²) in [5.41, 5.74) is 1.37. The van der Waals surface area contributed by atoms with Gasteiger partial charge in [0.05, 0.1) is 0 Å². The third-order valence-corrected chi connectivity index (χ3v) is 3.50. The summed E-state index contributed by atoms with van der Waals surface area (Å²) in [6, 6.07) is 11.2. The van der Waals surface area contributed by atoms with Gasteiger partial charge in [0.15, 0.2) is 0 Å². The summed E-state index contributed by atoms with van der Waals surface area (Å²) in [7, 11) is 0. The van der Waals surface area contributed by atoms with Gasteiger partial charge in [-0.15, -0.1) is 0 Å². The van der Waals surface area contributed by atoms with Crippen LogP contribution in [0, 0.1) is 0 Å². The normalized spacial score (nSPS) is 12.9. The van der Waals surface area contributed by atoms with Gasteiger partial charge in [-0.1, -0.05) is 44.2 Å². The first kappa shape index (κ1) is 15.2. The molecule has 0 aliphatic carbocycles. The predicted octanol–water partition coefficient (Wildman–Crippen LogP) is 3.29. The second-order valence-corrected chi connectivity index (χ2v) is 4.94. The van der Waals surface area contributed by atoms with Crippen molar-refractivity contribution in [3.8, 4) is 0 Å². The molecule has 1 rings (SSSR count). The van der Waals surface area contributed by atoms with E-state index < -0.39 is 0 Å². The predicted molar refractivity (Wildman–Crippen MR) is 79.8 cm³/mol. The molecule has 0 amide bonds. The molecule has 1 N–H and O–H groups in total. The van der Waals surface area contributed by atoms with Crippen LogP contribution in [-0.4, -0.2) is 30.6 Å². The highest BCUT2D eigenvalue weighted by atomic mass is 15.1. The number of hydrogen-bond acceptors (Lipinski definition) is 2. The first-order chi connectivity index (χ1) is 8.76. The lowest BCUT2D eigenvalue weighted by Crippen LogP contribution is -2.28. The van der Waals surface area contributed by atoms with Crippen LogP contribution in [0.15, 0.2) is 30.3 Å². The standard InChI is InChI=1S/C16H28N2/c1-4-18(5-2)13-9-10-15(3)17-14-16-11-7-6-8-12-16/h6-8,11-12,15,17H,4-5,9-10,13-14H2,1-3H3. The van der Waals surface area contributed by atoms with Crippen molar-refractivity contribution in [2.45, 2.75) is 46.2 Å². The Hall–Kier alpha value is -0.860. The van der Waals surface area contributed by atoms with E-state index in [1.54, 1.807) is 0 Å². The molecule has 1 atom stereocenters. The highest BCUT2D eigenvalue weighted by Crippen LogP contribution is 2.02. The number of nitrogens with zero attached hydrogens (tertiary/aromatic N) is 1. The van der Waals surface area contributed by atoms with Crippen LogP contribution in [0.4, 0.5) is 0 Å². The molecule has 0 spiro atoms. The minimum Gasteiger partial charge on any atom is -0.310 e. The van der Waals surface area contributed by atoms with E-state index in [0.717, 1.165) is 6.54 Å². The van der Waals surface area contributed by atoms with Gasteiger partial charge >= 0.3 is 0 Å². The number of benzene rings is 1. The largest absolute Gasteiger partial charge is 0.310 e. The van der Waals surface area contributed by atoms with Gasteiger partial charge in [0.1, 0.15) is 0 Å². The summed E-state index contributed by atoms with van der Waals surface area (Å²) in [4.78, 5) is 2.49. The Bertz CT molecular complexity index is 293. The molecule has 0 heterocycles. The fourth-order valence-electron chi connectivity index (χ4n) is 2.15. The molecule has 1 aromatic carbocycles. The quantitative estimate of drug-likeness (QED) is 0.721. The average molecular weight is 248 g/mol. The molecule has 2 heteroatoms. The van der Waals surface area contributed by atoms with E-state index >= 15 is 0 Å². The maximum atomic E-state index is 3.59. The maximum absolute atomic E-state index is 3.59. The molecule has 2 nitrogen and oxygen atoms in total. The Morgan fingerprint density at radius 1 is 1.11 bits per heavy atom. The third-order valence-electron chi connectivity index (χ3n) is 3.50. The zero-order chi connectivity index (χ0) is 13.2. The molecule has 0 aliphatic rings. The summed E-state index contributed by atoms with van der Waals surface area (Å²) in [5, 5.41) is 3.59. The third kappa shape index (κ3) is 6.18. The van der Waals surface area contributed by atoms with Crippen LogP contribution in [0.5, 0.6) is 0 Å². The fourth-order valence-corrected chi connectivity index (χ4v) is 2.15. The molecule has 0 aromatic heterocycles. The van der Waals surface area contributed by atoms with E-state index in [2.05, 4.69) is 61.3 Å². The van der Waals surface area contributed by atoms with Crippen LogP contribution < -0.4 is 5.32 Å². The van der Waals surface area contributed by atoms with Gasteiger partial charge in [0.2, 0.25) is 0 Å². The van der Waals surface area contributed by atoms with Gasteiger partial charge in [-0.3, -0.25) is 0 Å². The minimum absolute atomic E-state index is 0.598. The van der Waals surface area contributed by atoms with Crippen molar-refractivity contribution in [2.75, 3.05) is 19.6 Å². The molecule has 102 valence electrons. The van der Waals surface area contributed by atoms with Gasteiger partial charge in [-0.05, 0) is 45.0 Å². The van der Waals surface area contributed by atoms with E-state index in [9.17, 15) is 0 Å². The topological polar surface area (TPSA) is 15.3 Å². The first-order valence-corrected chi connectivity index (χ1v) is 7.25. The van der Waals surface area contributed by atoms with Crippen LogP contribution >= 0.6 is 0 Å². The zero-order valence-corrected chi connectivity index (χ0v) is 12.2. The van der Waals surface area contributed by atoms with Crippen molar-refractivity contribution in [1.82, 2.24) is 10.2 Å². The van der Waals surface area contributed by atoms with Gasteiger partial charge in [0, 0.05) is 12.6 Å². The zero-order valence-electron chi connectivity index (χ0n) is 12.2. The lowest BCUT2D eigenvalue weighted by Gasteiger charge is -2.19. The summed E-state index contributed by atoms with van der Waals surface area (Å²) in [5.74, 6) is 0. The number of rotatable bonds is 9. The van der Waals surface area contributed by atoms with Crippen LogP contribution in [0.25, 0.3) is 0 Å². The van der Waals surface area contributed by atoms with E-state index in [0.29, 0.717) is 6.04 Å². The Morgan fingerprint density at radius 3 is 2.39 bits per heavy atom. The van der Waals surface area contributed by atoms with Gasteiger partial charge in [-0.2, -0.15) is 0 Å². The lowest BCUT2D eigenvalue weighted by molar-refractivity contribution is 0.290. The van der Waals surface area contributed by atoms with Crippen LogP contribution in [0.1, 0.15) is 39.2 Å². The summed E-state index contributed by atoms with van der Waals surface area (Å²) < 4.78 is 0. The highest BCUT2D eigenvalue weighted by molar-refractivity contribution is 5.14. The van der Waals surface area contributed by atoms with Crippen molar-refractivity contribution in [2.24, 2.45) is 0 Å². The average Bonchev–Trinajstić information content (AvgIpc) is 2.42. The maximum Gasteiger partial charge on any atom is 0.0207 e. The molecule has 1 aromatic rings. The first-order valence-electron chi connectivity index (χ1n) is 7.25. The van der Waals surface area contributed by atoms with E-state index in [1.807, 2.05) is 0 Å². The Morgan fingerprint density at radius 2 is 1.78 bits per heavy atom. The van der Waals surface area contributed by atoms with Crippen LogP contribution in [0.2, 0.25) is 0 Å². The van der Waals surface area contributed by atoms with Gasteiger partial charge in [0.25, 0.3) is 0 Å². The Kier molecular flexibility index (Phi) is 7.70. The number of hydrogen-bond donors (Lipinski definition) is 1. The molecule has 0 saturated carbocycles. The molecule has 0 aliphatic heterocycles. The molecular formula is C16H28N2. The second-order valence-electron chi connectivity index (χ2n) is 4.94. The van der Waals surface area contributed by atoms with Crippen molar-refractivity contribution in [3.63, 3.8) is 0 Å². The molecule has 0 bridgehead atoms. The highest BCUT2D eigenvalue weighted by Gasteiger charge is 2.03. The Balaban J connectivity index is 2.12. The van der Waals surface area contributed by atoms with E-state index in [1.165, 1.54) is 38.0 Å². The fraction of sp³-hybridized carbons (Fsp3) is 0.625. The Labute approximate surface area is 112 Å². The molecule has 0 radical (unpaired) electrons. The van der Waals surface area contributed by atoms with Crippen LogP contribution in [0.3, 0.4) is 0 Å². The van der Waals surface area contributed by atoms with Crippen molar-refractivity contribution < 1.29 is 0 Å². The SMILES string of the molecule is CCN(CC)CCCC(C)NCc1ccccc1. The molecule has 0 saturated heterocycles. The van der Waals surface area contributed by atoms with Crippen molar-refractivity contribution in [3.05, 3.63) is 35.9 Å². The molecule has 18 heavy (non-hydrogen) atoms. The van der Waals surface area contributed by atoms with E-state index in [-0.39, 0.29) is 0 Å². The van der Waals surface area contributed by atoms with Crippen LogP contribution in [-0.2, 0) is 6.54 Å². The van der Waals surface area contributed by atoms with E-state index in [4.69, 9.17) is 0 Å².